The van der Waals surface area contributed by atoms with E-state index in [0.717, 1.165) is 12.2 Å². The average Bonchev–Trinajstić information content (AvgIpc) is 1.81. The van der Waals surface area contributed by atoms with Crippen LogP contribution in [0.5, 0.6) is 0 Å². The summed E-state index contributed by atoms with van der Waals surface area (Å²) in [6.45, 7) is 12.8. The Hall–Kier alpha value is 0.0900. The van der Waals surface area contributed by atoms with Crippen LogP contribution in [0.15, 0.2) is 12.2 Å². The van der Waals surface area contributed by atoms with Gasteiger partial charge in [0.2, 0.25) is 0 Å². The summed E-state index contributed by atoms with van der Waals surface area (Å²) < 4.78 is 0.387. The maximum Gasteiger partial charge on any atom is 0.0145 e. The lowest BCUT2D eigenvalue weighted by Gasteiger charge is -2.17. The minimum atomic E-state index is 0.387. The third-order valence-corrected chi connectivity index (χ3v) is 2.63. The summed E-state index contributed by atoms with van der Waals surface area (Å²) in [4.78, 5) is 0. The summed E-state index contributed by atoms with van der Waals surface area (Å²) in [6, 6.07) is 0. The zero-order valence-corrected chi connectivity index (χ0v) is 8.35. The predicted octanol–water partition coefficient (Wildman–Crippen LogP) is 3.48. The van der Waals surface area contributed by atoms with Crippen LogP contribution in [0.2, 0.25) is 0 Å². The first-order valence-electron chi connectivity index (χ1n) is 3.76. The van der Waals surface area contributed by atoms with Crippen LogP contribution in [0.4, 0.5) is 0 Å². The molecule has 0 atom stereocenters. The van der Waals surface area contributed by atoms with E-state index in [2.05, 4.69) is 34.3 Å². The third-order valence-electron chi connectivity index (χ3n) is 1.21. The van der Waals surface area contributed by atoms with Gasteiger partial charge in [-0.05, 0) is 6.42 Å². The highest BCUT2D eigenvalue weighted by molar-refractivity contribution is 8.00. The molecule has 1 heteroatoms. The summed E-state index contributed by atoms with van der Waals surface area (Å²) in [5.74, 6) is 1.11. The summed E-state index contributed by atoms with van der Waals surface area (Å²) in [5, 5.41) is 0. The largest absolute Gasteiger partial charge is 0.152 e. The molecule has 0 unspecified atom stereocenters. The Kier molecular flexibility index (Phi) is 4.11. The van der Waals surface area contributed by atoms with Crippen LogP contribution in [0, 0.1) is 0 Å². The van der Waals surface area contributed by atoms with Crippen LogP contribution in [-0.4, -0.2) is 10.5 Å². The molecular formula is C9H18S. The number of hydrogen-bond donors (Lipinski definition) is 0. The van der Waals surface area contributed by atoms with E-state index in [4.69, 9.17) is 0 Å². The van der Waals surface area contributed by atoms with Gasteiger partial charge in [-0.15, -0.1) is 0 Å². The summed E-state index contributed by atoms with van der Waals surface area (Å²) in [5.41, 5.74) is 1.35. The lowest BCUT2D eigenvalue weighted by Crippen LogP contribution is -2.08. The van der Waals surface area contributed by atoms with Crippen molar-refractivity contribution in [2.24, 2.45) is 0 Å². The van der Waals surface area contributed by atoms with E-state index in [1.165, 1.54) is 5.57 Å². The van der Waals surface area contributed by atoms with Crippen molar-refractivity contribution >= 4 is 11.8 Å². The second kappa shape index (κ2) is 4.07. The second-order valence-corrected chi connectivity index (χ2v) is 5.31. The van der Waals surface area contributed by atoms with E-state index < -0.39 is 0 Å². The van der Waals surface area contributed by atoms with Crippen LogP contribution in [-0.2, 0) is 0 Å². The molecule has 0 aromatic heterocycles. The van der Waals surface area contributed by atoms with E-state index in [9.17, 15) is 0 Å². The molecule has 0 bridgehead atoms. The smallest absolute Gasteiger partial charge is 0.0145 e. The standard InChI is InChI=1S/C9H18S/c1-6-8(2)7-10-9(3,4)5/h2,6-7H2,1,3-5H3. The van der Waals surface area contributed by atoms with E-state index in [1.807, 2.05) is 11.8 Å². The number of thioether (sulfide) groups is 1. The molecule has 0 aromatic rings. The molecule has 0 aromatic carbocycles. The van der Waals surface area contributed by atoms with Gasteiger partial charge in [0.05, 0.1) is 0 Å². The van der Waals surface area contributed by atoms with Crippen LogP contribution in [0.1, 0.15) is 34.1 Å². The Balaban J connectivity index is 3.46. The first-order valence-corrected chi connectivity index (χ1v) is 4.75. The van der Waals surface area contributed by atoms with Gasteiger partial charge in [0, 0.05) is 10.5 Å². The van der Waals surface area contributed by atoms with Crippen molar-refractivity contribution < 1.29 is 0 Å². The second-order valence-electron chi connectivity index (χ2n) is 3.50. The topological polar surface area (TPSA) is 0 Å². The average molecular weight is 158 g/mol. The molecule has 0 aliphatic rings. The summed E-state index contributed by atoms with van der Waals surface area (Å²) in [6.07, 6.45) is 1.11. The van der Waals surface area contributed by atoms with Gasteiger partial charge < -0.3 is 0 Å². The van der Waals surface area contributed by atoms with Gasteiger partial charge in [-0.2, -0.15) is 11.8 Å². The fraction of sp³-hybridized carbons (Fsp3) is 0.778. The van der Waals surface area contributed by atoms with Crippen LogP contribution in [0.3, 0.4) is 0 Å². The molecule has 0 radical (unpaired) electrons. The van der Waals surface area contributed by atoms with Crippen molar-refractivity contribution in [2.75, 3.05) is 5.75 Å². The Morgan fingerprint density at radius 3 is 2.20 bits per heavy atom. The highest BCUT2D eigenvalue weighted by Crippen LogP contribution is 2.25. The van der Waals surface area contributed by atoms with Crippen molar-refractivity contribution in [3.8, 4) is 0 Å². The fourth-order valence-electron chi connectivity index (χ4n) is 0.421. The lowest BCUT2D eigenvalue weighted by atomic mass is 10.2. The summed E-state index contributed by atoms with van der Waals surface area (Å²) >= 11 is 1.97. The molecular weight excluding hydrogens is 140 g/mol. The van der Waals surface area contributed by atoms with Crippen molar-refractivity contribution in [3.63, 3.8) is 0 Å². The highest BCUT2D eigenvalue weighted by Gasteiger charge is 2.09. The minimum Gasteiger partial charge on any atom is -0.152 e. The number of rotatable bonds is 3. The van der Waals surface area contributed by atoms with Gasteiger partial charge >= 0.3 is 0 Å². The van der Waals surface area contributed by atoms with Crippen LogP contribution < -0.4 is 0 Å². The first kappa shape index (κ1) is 10.1. The molecule has 0 spiro atoms. The van der Waals surface area contributed by atoms with Gasteiger partial charge in [0.1, 0.15) is 0 Å². The molecule has 60 valence electrons. The van der Waals surface area contributed by atoms with Crippen molar-refractivity contribution in [1.29, 1.82) is 0 Å². The Morgan fingerprint density at radius 1 is 1.40 bits per heavy atom. The molecule has 0 saturated carbocycles. The third kappa shape index (κ3) is 6.21. The van der Waals surface area contributed by atoms with Crippen LogP contribution >= 0.6 is 11.8 Å². The maximum atomic E-state index is 3.96. The van der Waals surface area contributed by atoms with Gasteiger partial charge in [0.15, 0.2) is 0 Å². The molecule has 0 saturated heterocycles. The Labute approximate surface area is 69.1 Å². The van der Waals surface area contributed by atoms with Crippen molar-refractivity contribution in [3.05, 3.63) is 12.2 Å². The molecule has 0 fully saturated rings. The van der Waals surface area contributed by atoms with Gasteiger partial charge in [0.25, 0.3) is 0 Å². The van der Waals surface area contributed by atoms with Gasteiger partial charge in [-0.1, -0.05) is 39.8 Å². The predicted molar refractivity (Wildman–Crippen MR) is 51.6 cm³/mol. The van der Waals surface area contributed by atoms with Gasteiger partial charge in [-0.25, -0.2) is 0 Å². The fourth-order valence-corrected chi connectivity index (χ4v) is 1.26. The van der Waals surface area contributed by atoms with Crippen molar-refractivity contribution in [1.82, 2.24) is 0 Å². The van der Waals surface area contributed by atoms with E-state index >= 15 is 0 Å². The Bertz CT molecular complexity index is 108. The molecule has 0 N–H and O–H groups in total. The molecule has 0 aliphatic carbocycles. The highest BCUT2D eigenvalue weighted by atomic mass is 32.2. The molecule has 0 amide bonds. The zero-order chi connectivity index (χ0) is 8.20. The summed E-state index contributed by atoms with van der Waals surface area (Å²) in [7, 11) is 0. The molecule has 0 aliphatic heterocycles. The van der Waals surface area contributed by atoms with E-state index in [-0.39, 0.29) is 0 Å². The lowest BCUT2D eigenvalue weighted by molar-refractivity contribution is 0.803. The molecule has 0 heterocycles. The maximum absolute atomic E-state index is 3.96. The molecule has 10 heavy (non-hydrogen) atoms. The Morgan fingerprint density at radius 2 is 1.90 bits per heavy atom. The number of hydrogen-bond acceptors (Lipinski definition) is 1. The SMILES string of the molecule is C=C(CC)CSC(C)(C)C. The normalized spacial score (nSPS) is 11.6. The van der Waals surface area contributed by atoms with Crippen molar-refractivity contribution in [2.45, 2.75) is 38.9 Å². The minimum absolute atomic E-state index is 0.387. The zero-order valence-electron chi connectivity index (χ0n) is 7.53. The first-order chi connectivity index (χ1) is 4.45. The van der Waals surface area contributed by atoms with Gasteiger partial charge in [-0.3, -0.25) is 0 Å². The quantitative estimate of drug-likeness (QED) is 0.567. The monoisotopic (exact) mass is 158 g/mol. The molecule has 0 rings (SSSR count). The molecule has 0 nitrogen and oxygen atoms in total. The van der Waals surface area contributed by atoms with E-state index in [1.54, 1.807) is 0 Å². The van der Waals surface area contributed by atoms with Crippen LogP contribution in [0.25, 0.3) is 0 Å². The van der Waals surface area contributed by atoms with E-state index in [0.29, 0.717) is 4.75 Å².